The lowest BCUT2D eigenvalue weighted by Gasteiger charge is -2.62. The summed E-state index contributed by atoms with van der Waals surface area (Å²) in [7, 11) is 0. The van der Waals surface area contributed by atoms with Crippen LogP contribution in [-0.4, -0.2) is 32.3 Å². The van der Waals surface area contributed by atoms with Crippen LogP contribution < -0.4 is 0 Å². The molecule has 2 aromatic carbocycles. The van der Waals surface area contributed by atoms with Crippen molar-refractivity contribution in [1.29, 1.82) is 0 Å². The Kier molecular flexibility index (Phi) is 3.89. The van der Waals surface area contributed by atoms with Gasteiger partial charge in [-0.2, -0.15) is 0 Å². The van der Waals surface area contributed by atoms with Crippen molar-refractivity contribution in [2.24, 2.45) is 17.3 Å². The average Bonchev–Trinajstić information content (AvgIpc) is 3.09. The summed E-state index contributed by atoms with van der Waals surface area (Å²) in [6.07, 6.45) is 4.98. The van der Waals surface area contributed by atoms with E-state index in [0.717, 1.165) is 48.8 Å². The number of fused-ring (bicyclic) bond motifs is 1. The van der Waals surface area contributed by atoms with Crippen molar-refractivity contribution >= 4 is 17.6 Å². The normalized spacial score (nSPS) is 32.2. The standard InChI is InChI=1S/C25H24N2O5/c28-22-21-8-18(17-3-5-20(6-4-17)27(31)32)1-2-19(21)13-26(22)25-11-15-7-16(12-25)10-24(9-15,14-25)23(29)30/h1-6,8,15-16H,7,9-14H2,(H,29,30). The third kappa shape index (κ3) is 2.66. The molecule has 0 saturated heterocycles. The molecule has 7 rings (SSSR count). The quantitative estimate of drug-likeness (QED) is 0.560. The third-order valence-electron chi connectivity index (χ3n) is 8.38. The number of amides is 1. The van der Waals surface area contributed by atoms with Crippen molar-refractivity contribution in [3.05, 3.63) is 63.7 Å². The Morgan fingerprint density at radius 3 is 2.31 bits per heavy atom. The highest BCUT2D eigenvalue weighted by Crippen LogP contribution is 2.64. The van der Waals surface area contributed by atoms with Gasteiger partial charge in [0.15, 0.2) is 0 Å². The zero-order valence-corrected chi connectivity index (χ0v) is 17.6. The van der Waals surface area contributed by atoms with Crippen LogP contribution in [0, 0.1) is 27.4 Å². The number of carboxylic acid groups (broad SMARTS) is 1. The highest BCUT2D eigenvalue weighted by molar-refractivity contribution is 6.00. The molecule has 1 amide bonds. The maximum atomic E-state index is 13.6. The predicted octanol–water partition coefficient (Wildman–Crippen LogP) is 4.64. The summed E-state index contributed by atoms with van der Waals surface area (Å²) in [5.74, 6) is 0.0749. The van der Waals surface area contributed by atoms with Crippen LogP contribution in [0.25, 0.3) is 11.1 Å². The molecule has 1 aliphatic heterocycles. The first kappa shape index (κ1) is 19.5. The maximum Gasteiger partial charge on any atom is 0.309 e. The maximum absolute atomic E-state index is 13.6. The van der Waals surface area contributed by atoms with Gasteiger partial charge in [-0.1, -0.05) is 12.1 Å². The third-order valence-corrected chi connectivity index (χ3v) is 8.38. The van der Waals surface area contributed by atoms with Crippen LogP contribution in [0.15, 0.2) is 42.5 Å². The first-order chi connectivity index (χ1) is 15.3. The van der Waals surface area contributed by atoms with Crippen molar-refractivity contribution in [3.8, 4) is 11.1 Å². The average molecular weight is 432 g/mol. The molecule has 1 N–H and O–H groups in total. The number of nitro groups is 1. The number of nitro benzene ring substituents is 1. The lowest BCUT2D eigenvalue weighted by molar-refractivity contribution is -0.384. The number of non-ortho nitro benzene ring substituents is 1. The Labute approximate surface area is 185 Å². The number of carboxylic acids is 1. The summed E-state index contributed by atoms with van der Waals surface area (Å²) in [6.45, 7) is 0.532. The van der Waals surface area contributed by atoms with E-state index >= 15 is 0 Å². The van der Waals surface area contributed by atoms with Crippen molar-refractivity contribution in [2.45, 2.75) is 50.6 Å². The molecule has 5 aliphatic rings. The fourth-order valence-corrected chi connectivity index (χ4v) is 7.42. The van der Waals surface area contributed by atoms with Gasteiger partial charge < -0.3 is 10.0 Å². The van der Waals surface area contributed by atoms with Crippen molar-refractivity contribution in [3.63, 3.8) is 0 Å². The smallest absolute Gasteiger partial charge is 0.309 e. The van der Waals surface area contributed by atoms with Gasteiger partial charge in [-0.05, 0) is 85.3 Å². The molecule has 0 radical (unpaired) electrons. The lowest BCUT2D eigenvalue weighted by atomic mass is 9.46. The minimum absolute atomic E-state index is 0.00810. The highest BCUT2D eigenvalue weighted by Gasteiger charge is 2.63. The molecule has 4 bridgehead atoms. The minimum Gasteiger partial charge on any atom is -0.481 e. The first-order valence-corrected chi connectivity index (χ1v) is 11.2. The summed E-state index contributed by atoms with van der Waals surface area (Å²) in [5, 5.41) is 21.0. The van der Waals surface area contributed by atoms with Gasteiger partial charge in [0.2, 0.25) is 0 Å². The molecular weight excluding hydrogens is 408 g/mol. The molecule has 2 aromatic rings. The summed E-state index contributed by atoms with van der Waals surface area (Å²) < 4.78 is 0. The van der Waals surface area contributed by atoms with Crippen LogP contribution in [-0.2, 0) is 11.3 Å². The molecule has 4 fully saturated rings. The largest absolute Gasteiger partial charge is 0.481 e. The van der Waals surface area contributed by atoms with E-state index in [2.05, 4.69) is 0 Å². The Hall–Kier alpha value is -3.22. The van der Waals surface area contributed by atoms with E-state index in [1.54, 1.807) is 12.1 Å². The van der Waals surface area contributed by atoms with E-state index in [4.69, 9.17) is 0 Å². The van der Waals surface area contributed by atoms with Crippen LogP contribution >= 0.6 is 0 Å². The van der Waals surface area contributed by atoms with E-state index < -0.39 is 16.3 Å². The second-order valence-electron chi connectivity index (χ2n) is 10.3. The fourth-order valence-electron chi connectivity index (χ4n) is 7.42. The summed E-state index contributed by atoms with van der Waals surface area (Å²) in [5.41, 5.74) is 2.31. The van der Waals surface area contributed by atoms with Gasteiger partial charge in [0.1, 0.15) is 0 Å². The van der Waals surface area contributed by atoms with Crippen LogP contribution in [0.5, 0.6) is 0 Å². The Morgan fingerprint density at radius 1 is 1.03 bits per heavy atom. The second-order valence-corrected chi connectivity index (χ2v) is 10.3. The molecule has 7 nitrogen and oxygen atoms in total. The summed E-state index contributed by atoms with van der Waals surface area (Å²) >= 11 is 0. The number of carbonyl (C=O) groups is 2. The van der Waals surface area contributed by atoms with Crippen molar-refractivity contribution < 1.29 is 19.6 Å². The lowest BCUT2D eigenvalue weighted by Crippen LogP contribution is -2.64. The van der Waals surface area contributed by atoms with E-state index in [0.29, 0.717) is 30.4 Å². The second kappa shape index (κ2) is 6.40. The van der Waals surface area contributed by atoms with Gasteiger partial charge >= 0.3 is 5.97 Å². The van der Waals surface area contributed by atoms with Gasteiger partial charge in [0.25, 0.3) is 11.6 Å². The molecule has 7 heteroatoms. The van der Waals surface area contributed by atoms with E-state index in [-0.39, 0.29) is 17.1 Å². The predicted molar refractivity (Wildman–Crippen MR) is 116 cm³/mol. The molecular formula is C25H24N2O5. The Balaban J connectivity index is 1.33. The molecule has 32 heavy (non-hydrogen) atoms. The molecule has 4 aliphatic carbocycles. The zero-order chi connectivity index (χ0) is 22.3. The number of benzene rings is 2. The minimum atomic E-state index is -0.694. The van der Waals surface area contributed by atoms with E-state index in [1.807, 2.05) is 23.1 Å². The van der Waals surface area contributed by atoms with Crippen molar-refractivity contribution in [2.75, 3.05) is 0 Å². The van der Waals surface area contributed by atoms with Gasteiger partial charge in [0.05, 0.1) is 10.3 Å². The molecule has 164 valence electrons. The topological polar surface area (TPSA) is 101 Å². The fraction of sp³-hybridized carbons (Fsp3) is 0.440. The number of hydrogen-bond donors (Lipinski definition) is 1. The van der Waals surface area contributed by atoms with Crippen LogP contribution in [0.1, 0.15) is 54.4 Å². The first-order valence-electron chi connectivity index (χ1n) is 11.2. The number of carbonyl (C=O) groups excluding carboxylic acids is 1. The Bertz CT molecular complexity index is 1160. The van der Waals surface area contributed by atoms with Crippen LogP contribution in [0.2, 0.25) is 0 Å². The van der Waals surface area contributed by atoms with E-state index in [1.165, 1.54) is 12.1 Å². The highest BCUT2D eigenvalue weighted by atomic mass is 16.6. The van der Waals surface area contributed by atoms with Gasteiger partial charge in [0, 0.05) is 29.8 Å². The molecule has 0 aromatic heterocycles. The molecule has 2 atom stereocenters. The monoisotopic (exact) mass is 432 g/mol. The molecule has 4 saturated carbocycles. The summed E-state index contributed by atoms with van der Waals surface area (Å²) in [4.78, 5) is 38.3. The molecule has 2 unspecified atom stereocenters. The number of aliphatic carboxylic acids is 1. The van der Waals surface area contributed by atoms with E-state index in [9.17, 15) is 24.8 Å². The zero-order valence-electron chi connectivity index (χ0n) is 17.6. The molecule has 1 heterocycles. The Morgan fingerprint density at radius 2 is 1.69 bits per heavy atom. The van der Waals surface area contributed by atoms with Gasteiger partial charge in [-0.25, -0.2) is 0 Å². The number of hydrogen-bond acceptors (Lipinski definition) is 4. The van der Waals surface area contributed by atoms with Crippen LogP contribution in [0.3, 0.4) is 0 Å². The van der Waals surface area contributed by atoms with Gasteiger partial charge in [-0.3, -0.25) is 19.7 Å². The SMILES string of the molecule is O=C1c2cc(-c3ccc([N+](=O)[O-])cc3)ccc2CN1C12CC3CC(CC(C(=O)O)(C3)C1)C2. The van der Waals surface area contributed by atoms with Crippen LogP contribution in [0.4, 0.5) is 5.69 Å². The van der Waals surface area contributed by atoms with Crippen molar-refractivity contribution in [1.82, 2.24) is 4.90 Å². The molecule has 0 spiro atoms. The van der Waals surface area contributed by atoms with Gasteiger partial charge in [-0.15, -0.1) is 0 Å². The number of rotatable bonds is 4. The summed E-state index contributed by atoms with van der Waals surface area (Å²) in [6, 6.07) is 12.1. The number of nitrogens with zero attached hydrogens (tertiary/aromatic N) is 2.